The van der Waals surface area contributed by atoms with E-state index >= 15 is 0 Å². The summed E-state index contributed by atoms with van der Waals surface area (Å²) in [5, 5.41) is 23.0. The fraction of sp³-hybridized carbons (Fsp3) is 0.281. The molecular formula is C32H33N3O4. The van der Waals surface area contributed by atoms with Gasteiger partial charge in [0, 0.05) is 41.1 Å². The van der Waals surface area contributed by atoms with Crippen molar-refractivity contribution in [2.45, 2.75) is 46.6 Å². The van der Waals surface area contributed by atoms with Crippen LogP contribution in [-0.4, -0.2) is 35.5 Å². The number of rotatable bonds is 9. The molecule has 0 aliphatic carbocycles. The molecule has 0 atom stereocenters. The molecule has 4 rings (SSSR count). The maximum Gasteiger partial charge on any atom is 0.251 e. The quantitative estimate of drug-likeness (QED) is 0.148. The maximum atomic E-state index is 13.2. The van der Waals surface area contributed by atoms with E-state index in [9.17, 15) is 20.0 Å². The minimum atomic E-state index is -0.782. The highest BCUT2D eigenvalue weighted by atomic mass is 16.3. The molecular weight excluding hydrogens is 490 g/mol. The number of aliphatic hydroxyl groups is 1. The van der Waals surface area contributed by atoms with Gasteiger partial charge in [-0.3, -0.25) is 14.5 Å². The number of nitrogens with one attached hydrogen (secondary N) is 1. The number of Topliss-reactive ketones (excluding diaryl/α,β-unsaturated/α-hetero) is 1. The van der Waals surface area contributed by atoms with Gasteiger partial charge >= 0.3 is 0 Å². The summed E-state index contributed by atoms with van der Waals surface area (Å²) in [6, 6.07) is 18.6. The lowest BCUT2D eigenvalue weighted by Gasteiger charge is -2.23. The second-order valence-corrected chi connectivity index (χ2v) is 10.2. The Morgan fingerprint density at radius 1 is 1.05 bits per heavy atom. The third-order valence-electron chi connectivity index (χ3n) is 6.73. The van der Waals surface area contributed by atoms with Gasteiger partial charge in [-0.15, -0.1) is 0 Å². The van der Waals surface area contributed by atoms with Gasteiger partial charge in [-0.25, -0.2) is 0 Å². The number of nitriles is 1. The van der Waals surface area contributed by atoms with Crippen LogP contribution in [0.5, 0.6) is 0 Å². The lowest BCUT2D eigenvalue weighted by molar-refractivity contribution is 0.0869. The van der Waals surface area contributed by atoms with Crippen molar-refractivity contribution in [1.29, 1.82) is 5.26 Å². The lowest BCUT2D eigenvalue weighted by atomic mass is 9.95. The standard InChI is InChI=1S/C32H33N3O4/c1-6-27(37)29-25-16-24(22-9-8-10-23(15-22)31(38)34-32(4,5)18-36)26(35(7-2)19-33)17-28(25)39-30(29)21-13-11-20(3)12-14-21/h8-17,36H,6-7,18H2,1-5H3,(H,34,38). The van der Waals surface area contributed by atoms with E-state index in [1.807, 2.05) is 57.2 Å². The molecule has 7 nitrogen and oxygen atoms in total. The summed E-state index contributed by atoms with van der Waals surface area (Å²) in [4.78, 5) is 27.8. The number of aliphatic hydroxyl groups excluding tert-OH is 1. The topological polar surface area (TPSA) is 107 Å². The molecule has 200 valence electrons. The Kier molecular flexibility index (Phi) is 7.89. The first-order valence-electron chi connectivity index (χ1n) is 13.0. The van der Waals surface area contributed by atoms with Gasteiger partial charge in [0.15, 0.2) is 12.0 Å². The molecule has 0 radical (unpaired) electrons. The van der Waals surface area contributed by atoms with Crippen molar-refractivity contribution in [3.63, 3.8) is 0 Å². The summed E-state index contributed by atoms with van der Waals surface area (Å²) >= 11 is 0. The Bertz CT molecular complexity index is 1580. The molecule has 0 saturated carbocycles. The molecule has 1 aromatic heterocycles. The molecule has 7 heteroatoms. The van der Waals surface area contributed by atoms with Crippen molar-refractivity contribution < 1.29 is 19.1 Å². The average Bonchev–Trinajstić information content (AvgIpc) is 3.31. The zero-order valence-corrected chi connectivity index (χ0v) is 23.0. The second-order valence-electron chi connectivity index (χ2n) is 10.2. The SMILES string of the molecule is CCC(=O)c1c(-c2ccc(C)cc2)oc2cc(N(C#N)CC)c(-c3cccc(C(=O)NC(C)(C)CO)c3)cc12. The van der Waals surface area contributed by atoms with Crippen LogP contribution in [0.25, 0.3) is 33.4 Å². The number of fused-ring (bicyclic) bond motifs is 1. The van der Waals surface area contributed by atoms with Gasteiger partial charge in [-0.2, -0.15) is 5.26 Å². The maximum absolute atomic E-state index is 13.2. The van der Waals surface area contributed by atoms with Crippen LogP contribution in [0.15, 0.2) is 65.1 Å². The Hall–Kier alpha value is -4.41. The van der Waals surface area contributed by atoms with Crippen molar-refractivity contribution in [1.82, 2.24) is 5.32 Å². The van der Waals surface area contributed by atoms with Crippen molar-refractivity contribution in [2.75, 3.05) is 18.1 Å². The predicted octanol–water partition coefficient (Wildman–Crippen LogP) is 6.48. The van der Waals surface area contributed by atoms with Crippen LogP contribution < -0.4 is 10.2 Å². The predicted molar refractivity (Wildman–Crippen MR) is 154 cm³/mol. The van der Waals surface area contributed by atoms with Gasteiger partial charge in [0.05, 0.1) is 23.4 Å². The van der Waals surface area contributed by atoms with Crippen molar-refractivity contribution in [3.8, 4) is 28.6 Å². The van der Waals surface area contributed by atoms with Gasteiger partial charge in [0.1, 0.15) is 11.3 Å². The largest absolute Gasteiger partial charge is 0.455 e. The van der Waals surface area contributed by atoms with Crippen LogP contribution in [0.1, 0.15) is 60.4 Å². The molecule has 0 fully saturated rings. The lowest BCUT2D eigenvalue weighted by Crippen LogP contribution is -2.46. The molecule has 3 aromatic carbocycles. The van der Waals surface area contributed by atoms with E-state index in [1.54, 1.807) is 43.0 Å². The third-order valence-corrected chi connectivity index (χ3v) is 6.73. The molecule has 2 N–H and O–H groups in total. The molecule has 39 heavy (non-hydrogen) atoms. The Morgan fingerprint density at radius 3 is 2.38 bits per heavy atom. The van der Waals surface area contributed by atoms with Crippen LogP contribution in [0.3, 0.4) is 0 Å². The van der Waals surface area contributed by atoms with Gasteiger partial charge in [-0.05, 0) is 51.5 Å². The van der Waals surface area contributed by atoms with Gasteiger partial charge in [0.2, 0.25) is 0 Å². The van der Waals surface area contributed by atoms with E-state index in [4.69, 9.17) is 4.42 Å². The van der Waals surface area contributed by atoms with E-state index in [-0.39, 0.29) is 18.3 Å². The summed E-state index contributed by atoms with van der Waals surface area (Å²) in [5.74, 6) is 0.132. The van der Waals surface area contributed by atoms with E-state index < -0.39 is 5.54 Å². The molecule has 0 unspecified atom stereocenters. The Balaban J connectivity index is 1.96. The second kappa shape index (κ2) is 11.1. The molecule has 0 aliphatic heterocycles. The number of hydrogen-bond acceptors (Lipinski definition) is 6. The number of amides is 1. The summed E-state index contributed by atoms with van der Waals surface area (Å²) in [6.07, 6.45) is 2.54. The van der Waals surface area contributed by atoms with E-state index in [0.29, 0.717) is 57.6 Å². The Labute approximate surface area is 228 Å². The number of aryl methyl sites for hydroxylation is 1. The number of ketones is 1. The summed E-state index contributed by atoms with van der Waals surface area (Å²) < 4.78 is 6.30. The monoisotopic (exact) mass is 523 g/mol. The number of carbonyl (C=O) groups is 2. The fourth-order valence-electron chi connectivity index (χ4n) is 4.49. The molecule has 4 aromatic rings. The number of furan rings is 1. The summed E-state index contributed by atoms with van der Waals surface area (Å²) in [6.45, 7) is 9.40. The fourth-order valence-corrected chi connectivity index (χ4v) is 4.49. The number of hydrogen-bond donors (Lipinski definition) is 2. The highest BCUT2D eigenvalue weighted by Crippen LogP contribution is 2.41. The van der Waals surface area contributed by atoms with Crippen molar-refractivity contribution in [3.05, 3.63) is 77.4 Å². The number of carbonyl (C=O) groups excluding carboxylic acids is 2. The van der Waals surface area contributed by atoms with Gasteiger partial charge in [0.25, 0.3) is 5.91 Å². The van der Waals surface area contributed by atoms with Crippen LogP contribution in [0, 0.1) is 18.4 Å². The highest BCUT2D eigenvalue weighted by Gasteiger charge is 2.25. The first-order chi connectivity index (χ1) is 18.6. The summed E-state index contributed by atoms with van der Waals surface area (Å²) in [7, 11) is 0. The molecule has 0 spiro atoms. The van der Waals surface area contributed by atoms with E-state index in [0.717, 1.165) is 11.1 Å². The molecule has 0 aliphatic rings. The highest BCUT2D eigenvalue weighted by molar-refractivity contribution is 6.13. The van der Waals surface area contributed by atoms with Crippen molar-refractivity contribution >= 4 is 28.3 Å². The molecule has 0 bridgehead atoms. The van der Waals surface area contributed by atoms with Crippen molar-refractivity contribution in [2.24, 2.45) is 0 Å². The normalized spacial score (nSPS) is 11.3. The molecule has 1 heterocycles. The smallest absolute Gasteiger partial charge is 0.251 e. The Morgan fingerprint density at radius 2 is 1.77 bits per heavy atom. The first kappa shape index (κ1) is 27.6. The van der Waals surface area contributed by atoms with E-state index in [1.165, 1.54) is 0 Å². The van der Waals surface area contributed by atoms with E-state index in [2.05, 4.69) is 11.5 Å². The zero-order chi connectivity index (χ0) is 28.3. The number of benzene rings is 3. The van der Waals surface area contributed by atoms with Gasteiger partial charge in [-0.1, -0.05) is 48.9 Å². The number of anilines is 1. The molecule has 1 amide bonds. The minimum absolute atomic E-state index is 0.0463. The van der Waals surface area contributed by atoms with Crippen LogP contribution >= 0.6 is 0 Å². The third kappa shape index (κ3) is 5.57. The van der Waals surface area contributed by atoms with Crippen LogP contribution in [-0.2, 0) is 0 Å². The summed E-state index contributed by atoms with van der Waals surface area (Å²) in [5.41, 5.74) is 4.56. The minimum Gasteiger partial charge on any atom is -0.455 e. The average molecular weight is 524 g/mol. The van der Waals surface area contributed by atoms with Gasteiger partial charge < -0.3 is 14.8 Å². The first-order valence-corrected chi connectivity index (χ1v) is 13.0. The van der Waals surface area contributed by atoms with Crippen LogP contribution in [0.2, 0.25) is 0 Å². The molecule has 0 saturated heterocycles. The van der Waals surface area contributed by atoms with Crippen LogP contribution in [0.4, 0.5) is 5.69 Å². The zero-order valence-electron chi connectivity index (χ0n) is 23.0. The number of nitrogens with zero attached hydrogens (tertiary/aromatic N) is 2.